The van der Waals surface area contributed by atoms with Crippen LogP contribution in [0.5, 0.6) is 0 Å². The maximum absolute atomic E-state index is 6.99. The smallest absolute Gasteiger partial charge is 0.180 e. The third-order valence-corrected chi connectivity index (χ3v) is 15.7. The minimum Gasteiger partial charge on any atom is -0.455 e. The molecule has 0 fully saturated rings. The number of fused-ring (bicyclic) bond motifs is 12. The average Bonchev–Trinajstić information content (AvgIpc) is 4.08. The van der Waals surface area contributed by atoms with Gasteiger partial charge in [-0.2, -0.15) is 0 Å². The van der Waals surface area contributed by atoms with Gasteiger partial charge in [-0.15, -0.1) is 0 Å². The highest BCUT2D eigenvalue weighted by Crippen LogP contribution is 2.54. The van der Waals surface area contributed by atoms with Crippen LogP contribution < -0.4 is 0 Å². The van der Waals surface area contributed by atoms with Gasteiger partial charge in [0, 0.05) is 38.6 Å². The zero-order chi connectivity index (χ0) is 45.5. The topological polar surface area (TPSA) is 52.1 Å². The third kappa shape index (κ3) is 5.67. The Kier molecular flexibility index (Phi) is 8.18. The van der Waals surface area contributed by atoms with E-state index >= 15 is 0 Å². The lowest BCUT2D eigenvalue weighted by Crippen LogP contribution is -2.24. The Morgan fingerprint density at radius 1 is 0.426 bits per heavy atom. The predicted molar refractivity (Wildman–Crippen MR) is 279 cm³/mol. The van der Waals surface area contributed by atoms with Crippen LogP contribution in [0.15, 0.2) is 203 Å². The van der Waals surface area contributed by atoms with Crippen LogP contribution in [-0.4, -0.2) is 9.97 Å². The standard InChI is InChI=1S/C64H46N2O2/c1-63(2)53-20-8-5-17-45(53)47-26-23-40(34-55(47)63)39-25-28-58-51(31-39)52-33-44(41-24-27-48-46-18-6-9-21-54(46)64(3,4)56(48)35-41)32-50(61(52)67-58)42-15-11-13-37(29-42)38-14-12-16-43(30-38)59-62-60(66-36-65-59)49-19-7-10-22-57(49)68-62/h5-36,46,54H,1-4H3. The summed E-state index contributed by atoms with van der Waals surface area (Å²) in [5.74, 6) is 0.832. The molecular weight excluding hydrogens is 829 g/mol. The van der Waals surface area contributed by atoms with Crippen molar-refractivity contribution >= 4 is 44.0 Å². The molecule has 2 atom stereocenters. The van der Waals surface area contributed by atoms with E-state index in [1.54, 1.807) is 6.33 Å². The number of hydrogen-bond acceptors (Lipinski definition) is 4. The first-order valence-electron chi connectivity index (χ1n) is 23.8. The van der Waals surface area contributed by atoms with Crippen molar-refractivity contribution < 1.29 is 8.83 Å². The molecule has 14 rings (SSSR count). The Morgan fingerprint density at radius 2 is 1.07 bits per heavy atom. The van der Waals surface area contributed by atoms with Gasteiger partial charge in [0.25, 0.3) is 0 Å². The first-order chi connectivity index (χ1) is 33.2. The minimum atomic E-state index is -0.0836. The molecule has 0 saturated heterocycles. The van der Waals surface area contributed by atoms with Gasteiger partial charge < -0.3 is 8.83 Å². The zero-order valence-electron chi connectivity index (χ0n) is 38.3. The van der Waals surface area contributed by atoms with Gasteiger partial charge in [-0.3, -0.25) is 0 Å². The Bertz CT molecular complexity index is 4010. The van der Waals surface area contributed by atoms with Gasteiger partial charge in [-0.25, -0.2) is 9.97 Å². The Labute approximate surface area is 395 Å². The number of para-hydroxylation sites is 1. The molecule has 0 radical (unpaired) electrons. The van der Waals surface area contributed by atoms with Gasteiger partial charge >= 0.3 is 0 Å². The summed E-state index contributed by atoms with van der Waals surface area (Å²) in [6, 6.07) is 59.9. The minimum absolute atomic E-state index is 0.00191. The van der Waals surface area contributed by atoms with E-state index in [1.807, 2.05) is 24.3 Å². The molecule has 4 heteroatoms. The predicted octanol–water partition coefficient (Wildman–Crippen LogP) is 17.0. The molecule has 0 aliphatic heterocycles. The van der Waals surface area contributed by atoms with E-state index in [1.165, 1.54) is 55.6 Å². The second-order valence-electron chi connectivity index (χ2n) is 20.1. The molecule has 3 heterocycles. The molecule has 0 N–H and O–H groups in total. The number of rotatable bonds is 5. The normalized spacial score (nSPS) is 17.2. The molecule has 3 aliphatic carbocycles. The van der Waals surface area contributed by atoms with Crippen molar-refractivity contribution in [2.75, 3.05) is 0 Å². The van der Waals surface area contributed by atoms with E-state index in [-0.39, 0.29) is 10.8 Å². The van der Waals surface area contributed by atoms with Crippen LogP contribution in [0.2, 0.25) is 0 Å². The second kappa shape index (κ2) is 14.2. The van der Waals surface area contributed by atoms with Crippen LogP contribution in [-0.2, 0) is 10.8 Å². The fraction of sp³-hybridized carbons (Fsp3) is 0.125. The largest absolute Gasteiger partial charge is 0.455 e. The van der Waals surface area contributed by atoms with Crippen LogP contribution in [0.3, 0.4) is 0 Å². The summed E-state index contributed by atoms with van der Waals surface area (Å²) < 4.78 is 13.4. The second-order valence-corrected chi connectivity index (χ2v) is 20.1. The van der Waals surface area contributed by atoms with Gasteiger partial charge in [-0.1, -0.05) is 161 Å². The molecule has 3 aliphatic rings. The molecule has 0 bridgehead atoms. The van der Waals surface area contributed by atoms with Crippen LogP contribution in [0.25, 0.3) is 111 Å². The highest BCUT2D eigenvalue weighted by molar-refractivity contribution is 6.13. The number of furan rings is 2. The molecule has 324 valence electrons. The first kappa shape index (κ1) is 39.1. The van der Waals surface area contributed by atoms with Gasteiger partial charge in [0.2, 0.25) is 0 Å². The fourth-order valence-corrected chi connectivity index (χ4v) is 12.1. The molecule has 0 amide bonds. The fourth-order valence-electron chi connectivity index (χ4n) is 12.1. The average molecular weight is 875 g/mol. The van der Waals surface area contributed by atoms with Gasteiger partial charge in [0.15, 0.2) is 5.58 Å². The monoisotopic (exact) mass is 874 g/mol. The lowest BCUT2D eigenvalue weighted by molar-refractivity contribution is 0.394. The van der Waals surface area contributed by atoms with Crippen molar-refractivity contribution in [3.05, 3.63) is 217 Å². The molecule has 2 unspecified atom stereocenters. The van der Waals surface area contributed by atoms with Crippen molar-refractivity contribution in [2.24, 2.45) is 5.92 Å². The van der Waals surface area contributed by atoms with Gasteiger partial charge in [0.1, 0.15) is 34.3 Å². The molecule has 8 aromatic carbocycles. The van der Waals surface area contributed by atoms with Crippen LogP contribution in [0, 0.1) is 5.92 Å². The molecule has 0 spiro atoms. The van der Waals surface area contributed by atoms with Crippen molar-refractivity contribution in [1.29, 1.82) is 0 Å². The maximum Gasteiger partial charge on any atom is 0.180 e. The van der Waals surface area contributed by atoms with Crippen molar-refractivity contribution in [3.8, 4) is 66.9 Å². The molecular formula is C64H46N2O2. The Balaban J connectivity index is 0.925. The van der Waals surface area contributed by atoms with Gasteiger partial charge in [0.05, 0.1) is 0 Å². The number of nitrogens with zero attached hydrogens (tertiary/aromatic N) is 2. The van der Waals surface area contributed by atoms with E-state index < -0.39 is 0 Å². The molecule has 3 aromatic heterocycles. The van der Waals surface area contributed by atoms with Gasteiger partial charge in [-0.05, 0) is 138 Å². The van der Waals surface area contributed by atoms with E-state index in [0.717, 1.165) is 71.9 Å². The SMILES string of the molecule is CC1(C)c2ccccc2-c2ccc(-c3ccc4oc5c(-c6cccc(-c7cccc(-c8ncnc9c8oc8ccccc89)c7)c6)cc(-c6ccc7c(c6)C(C)(C)C6C=CC=CC76)cc5c4c3)cc21. The molecule has 11 aromatic rings. The van der Waals surface area contributed by atoms with Crippen molar-refractivity contribution in [2.45, 2.75) is 44.4 Å². The van der Waals surface area contributed by atoms with Crippen molar-refractivity contribution in [1.82, 2.24) is 9.97 Å². The summed E-state index contributed by atoms with van der Waals surface area (Å²) in [4.78, 5) is 9.37. The number of aromatic nitrogens is 2. The quantitative estimate of drug-likeness (QED) is 0.173. The lowest BCUT2D eigenvalue weighted by atomic mass is 9.74. The van der Waals surface area contributed by atoms with Crippen LogP contribution in [0.4, 0.5) is 0 Å². The van der Waals surface area contributed by atoms with Crippen LogP contribution >= 0.6 is 0 Å². The summed E-state index contributed by atoms with van der Waals surface area (Å²) in [6.07, 6.45) is 10.8. The van der Waals surface area contributed by atoms with E-state index in [9.17, 15) is 0 Å². The summed E-state index contributed by atoms with van der Waals surface area (Å²) in [6.45, 7) is 9.52. The number of allylic oxidation sites excluding steroid dienone is 4. The van der Waals surface area contributed by atoms with E-state index in [0.29, 0.717) is 17.4 Å². The first-order valence-corrected chi connectivity index (χ1v) is 23.8. The third-order valence-electron chi connectivity index (χ3n) is 15.7. The Morgan fingerprint density at radius 3 is 1.97 bits per heavy atom. The molecule has 68 heavy (non-hydrogen) atoms. The van der Waals surface area contributed by atoms with E-state index in [2.05, 4.69) is 197 Å². The lowest BCUT2D eigenvalue weighted by Gasteiger charge is -2.29. The highest BCUT2D eigenvalue weighted by atomic mass is 16.3. The summed E-state index contributed by atoms with van der Waals surface area (Å²) in [7, 11) is 0. The summed E-state index contributed by atoms with van der Waals surface area (Å²) in [5.41, 5.74) is 23.1. The van der Waals surface area contributed by atoms with E-state index in [4.69, 9.17) is 13.8 Å². The summed E-state index contributed by atoms with van der Waals surface area (Å²) >= 11 is 0. The molecule has 0 saturated carbocycles. The summed E-state index contributed by atoms with van der Waals surface area (Å²) in [5, 5.41) is 3.20. The number of benzene rings is 8. The highest BCUT2D eigenvalue weighted by Gasteiger charge is 2.44. The van der Waals surface area contributed by atoms with Crippen LogP contribution in [0.1, 0.15) is 55.9 Å². The maximum atomic E-state index is 6.99. The number of hydrogen-bond donors (Lipinski definition) is 0. The zero-order valence-corrected chi connectivity index (χ0v) is 38.3. The van der Waals surface area contributed by atoms with Crippen molar-refractivity contribution in [3.63, 3.8) is 0 Å². The Hall–Kier alpha value is -8.08. The molecule has 4 nitrogen and oxygen atoms in total.